The molecule has 3 rings (SSSR count). The van der Waals surface area contributed by atoms with Gasteiger partial charge in [-0.1, -0.05) is 35.9 Å². The third-order valence-corrected chi connectivity index (χ3v) is 4.73. The molecule has 0 atom stereocenters. The Labute approximate surface area is 155 Å². The van der Waals surface area contributed by atoms with Gasteiger partial charge in [-0.15, -0.1) is 0 Å². The highest BCUT2D eigenvalue weighted by Gasteiger charge is 2.08. The summed E-state index contributed by atoms with van der Waals surface area (Å²) in [6.45, 7) is 3.40. The molecular weight excluding hydrogens is 324 g/mol. The number of aryl methyl sites for hydroxylation is 1. The van der Waals surface area contributed by atoms with Gasteiger partial charge < -0.3 is 10.6 Å². The lowest BCUT2D eigenvalue weighted by atomic mass is 9.97. The highest BCUT2D eigenvalue weighted by Crippen LogP contribution is 2.19. The average Bonchev–Trinajstić information content (AvgIpc) is 2.68. The van der Waals surface area contributed by atoms with Crippen molar-refractivity contribution in [2.75, 3.05) is 11.9 Å². The van der Waals surface area contributed by atoms with Gasteiger partial charge in [0.1, 0.15) is 0 Å². The molecule has 1 aromatic heterocycles. The molecule has 2 aromatic rings. The highest BCUT2D eigenvalue weighted by atomic mass is 16.1. The van der Waals surface area contributed by atoms with E-state index in [2.05, 4.69) is 45.7 Å². The van der Waals surface area contributed by atoms with E-state index in [-0.39, 0.29) is 5.91 Å². The van der Waals surface area contributed by atoms with Crippen LogP contribution in [0.15, 0.2) is 48.3 Å². The first-order valence-electron chi connectivity index (χ1n) is 9.29. The summed E-state index contributed by atoms with van der Waals surface area (Å²) in [4.78, 5) is 20.7. The number of allylic oxidation sites excluding steroid dienone is 1. The largest absolute Gasteiger partial charge is 0.352 e. The number of anilines is 1. The van der Waals surface area contributed by atoms with Crippen LogP contribution in [0.3, 0.4) is 0 Å². The van der Waals surface area contributed by atoms with Crippen LogP contribution >= 0.6 is 0 Å². The van der Waals surface area contributed by atoms with Crippen molar-refractivity contribution in [3.63, 3.8) is 0 Å². The highest BCUT2D eigenvalue weighted by molar-refractivity contribution is 5.93. The van der Waals surface area contributed by atoms with Crippen molar-refractivity contribution in [1.82, 2.24) is 15.3 Å². The van der Waals surface area contributed by atoms with Gasteiger partial charge in [-0.25, -0.2) is 9.97 Å². The van der Waals surface area contributed by atoms with Gasteiger partial charge in [0.05, 0.1) is 5.56 Å². The molecule has 0 saturated heterocycles. The molecule has 1 aromatic carbocycles. The van der Waals surface area contributed by atoms with E-state index in [1.54, 1.807) is 12.4 Å². The van der Waals surface area contributed by atoms with Crippen LogP contribution in [0.4, 0.5) is 5.95 Å². The van der Waals surface area contributed by atoms with Crippen molar-refractivity contribution in [3.8, 4) is 0 Å². The number of amides is 1. The quantitative estimate of drug-likeness (QED) is 0.740. The third kappa shape index (κ3) is 5.15. The number of nitrogens with one attached hydrogen (secondary N) is 2. The van der Waals surface area contributed by atoms with E-state index in [9.17, 15) is 4.79 Å². The molecule has 2 N–H and O–H groups in total. The van der Waals surface area contributed by atoms with Gasteiger partial charge in [0.15, 0.2) is 0 Å². The molecule has 0 radical (unpaired) electrons. The number of hydrogen-bond acceptors (Lipinski definition) is 4. The zero-order valence-electron chi connectivity index (χ0n) is 15.3. The summed E-state index contributed by atoms with van der Waals surface area (Å²) >= 11 is 0. The Morgan fingerprint density at radius 3 is 2.69 bits per heavy atom. The SMILES string of the molecule is Cc1ccccc1CNc1ncc(C(=O)NCCC2=CCCCC2)cn1. The van der Waals surface area contributed by atoms with E-state index in [0.717, 1.165) is 6.42 Å². The lowest BCUT2D eigenvalue weighted by Crippen LogP contribution is -2.25. The van der Waals surface area contributed by atoms with Crippen LogP contribution in [0.25, 0.3) is 0 Å². The Hall–Kier alpha value is -2.69. The maximum absolute atomic E-state index is 12.2. The van der Waals surface area contributed by atoms with Gasteiger partial charge in [-0.3, -0.25) is 4.79 Å². The minimum atomic E-state index is -0.119. The maximum atomic E-state index is 12.2. The van der Waals surface area contributed by atoms with Gasteiger partial charge in [-0.2, -0.15) is 0 Å². The van der Waals surface area contributed by atoms with Gasteiger partial charge >= 0.3 is 0 Å². The number of aromatic nitrogens is 2. The van der Waals surface area contributed by atoms with Crippen molar-refractivity contribution < 1.29 is 4.79 Å². The lowest BCUT2D eigenvalue weighted by Gasteiger charge is -2.13. The minimum absolute atomic E-state index is 0.119. The zero-order chi connectivity index (χ0) is 18.2. The number of benzene rings is 1. The summed E-state index contributed by atoms with van der Waals surface area (Å²) in [6.07, 6.45) is 11.3. The second-order valence-corrected chi connectivity index (χ2v) is 6.69. The van der Waals surface area contributed by atoms with Gasteiger partial charge in [-0.05, 0) is 50.2 Å². The molecule has 5 nitrogen and oxygen atoms in total. The molecule has 1 amide bonds. The van der Waals surface area contributed by atoms with Crippen LogP contribution in [0.5, 0.6) is 0 Å². The molecular formula is C21H26N4O. The summed E-state index contributed by atoms with van der Waals surface area (Å²) in [5.74, 6) is 0.407. The lowest BCUT2D eigenvalue weighted by molar-refractivity contribution is 0.0953. The Morgan fingerprint density at radius 2 is 1.96 bits per heavy atom. The third-order valence-electron chi connectivity index (χ3n) is 4.73. The molecule has 1 aliphatic rings. The molecule has 0 spiro atoms. The molecule has 0 fully saturated rings. The van der Waals surface area contributed by atoms with E-state index in [4.69, 9.17) is 0 Å². The van der Waals surface area contributed by atoms with E-state index < -0.39 is 0 Å². The summed E-state index contributed by atoms with van der Waals surface area (Å²) < 4.78 is 0. The van der Waals surface area contributed by atoms with Gasteiger partial charge in [0.2, 0.25) is 5.95 Å². The fourth-order valence-corrected chi connectivity index (χ4v) is 3.09. The number of nitrogens with zero attached hydrogens (tertiary/aromatic N) is 2. The van der Waals surface area contributed by atoms with Crippen LogP contribution in [0, 0.1) is 6.92 Å². The molecule has 0 aliphatic heterocycles. The van der Waals surface area contributed by atoms with Crippen molar-refractivity contribution in [3.05, 3.63) is 65.0 Å². The fraction of sp³-hybridized carbons (Fsp3) is 0.381. The monoisotopic (exact) mass is 350 g/mol. The number of rotatable bonds is 7. The molecule has 26 heavy (non-hydrogen) atoms. The molecule has 0 saturated carbocycles. The fourth-order valence-electron chi connectivity index (χ4n) is 3.09. The second-order valence-electron chi connectivity index (χ2n) is 6.69. The second kappa shape index (κ2) is 9.13. The number of carbonyl (C=O) groups is 1. The number of hydrogen-bond donors (Lipinski definition) is 2. The van der Waals surface area contributed by atoms with Crippen LogP contribution in [0.1, 0.15) is 53.6 Å². The molecule has 0 bridgehead atoms. The normalized spacial score (nSPS) is 13.8. The standard InChI is InChI=1S/C21H26N4O/c1-16-7-5-6-10-18(16)13-23-21-24-14-19(15-25-21)20(26)22-12-11-17-8-3-2-4-9-17/h5-8,10,14-15H,2-4,9,11-13H2,1H3,(H,22,26)(H,23,24,25). The van der Waals surface area contributed by atoms with Crippen LogP contribution in [-0.4, -0.2) is 22.4 Å². The average molecular weight is 350 g/mol. The van der Waals surface area contributed by atoms with E-state index >= 15 is 0 Å². The Balaban J connectivity index is 1.46. The molecule has 0 unspecified atom stereocenters. The molecule has 1 aliphatic carbocycles. The Morgan fingerprint density at radius 1 is 1.15 bits per heavy atom. The summed E-state index contributed by atoms with van der Waals surface area (Å²) in [6, 6.07) is 8.19. The first kappa shape index (κ1) is 18.1. The smallest absolute Gasteiger partial charge is 0.254 e. The predicted molar refractivity (Wildman–Crippen MR) is 104 cm³/mol. The zero-order valence-corrected chi connectivity index (χ0v) is 15.3. The first-order valence-corrected chi connectivity index (χ1v) is 9.29. The van der Waals surface area contributed by atoms with Gasteiger partial charge in [0.25, 0.3) is 5.91 Å². The molecule has 1 heterocycles. The molecule has 136 valence electrons. The van der Waals surface area contributed by atoms with Crippen molar-refractivity contribution in [1.29, 1.82) is 0 Å². The Kier molecular flexibility index (Phi) is 6.36. The van der Waals surface area contributed by atoms with Crippen LogP contribution in [0.2, 0.25) is 0 Å². The van der Waals surface area contributed by atoms with E-state index in [1.807, 2.05) is 12.1 Å². The maximum Gasteiger partial charge on any atom is 0.254 e. The summed E-state index contributed by atoms with van der Waals surface area (Å²) in [5.41, 5.74) is 4.38. The van der Waals surface area contributed by atoms with Crippen molar-refractivity contribution >= 4 is 11.9 Å². The topological polar surface area (TPSA) is 66.9 Å². The first-order chi connectivity index (χ1) is 12.7. The van der Waals surface area contributed by atoms with Crippen molar-refractivity contribution in [2.45, 2.75) is 45.6 Å². The number of carbonyl (C=O) groups excluding carboxylic acids is 1. The van der Waals surface area contributed by atoms with E-state index in [1.165, 1.54) is 42.4 Å². The minimum Gasteiger partial charge on any atom is -0.352 e. The predicted octanol–water partition coefficient (Wildman–Crippen LogP) is 4.02. The van der Waals surface area contributed by atoms with E-state index in [0.29, 0.717) is 24.6 Å². The Bertz CT molecular complexity index is 768. The van der Waals surface area contributed by atoms with Crippen LogP contribution in [-0.2, 0) is 6.54 Å². The van der Waals surface area contributed by atoms with Crippen LogP contribution < -0.4 is 10.6 Å². The van der Waals surface area contributed by atoms with Crippen molar-refractivity contribution in [2.24, 2.45) is 0 Å². The summed E-state index contributed by atoms with van der Waals surface area (Å²) in [7, 11) is 0. The molecule has 5 heteroatoms. The van der Waals surface area contributed by atoms with Gasteiger partial charge in [0, 0.05) is 25.5 Å². The summed E-state index contributed by atoms with van der Waals surface area (Å²) in [5, 5.41) is 6.14.